The molecule has 4 aromatic rings. The summed E-state index contributed by atoms with van der Waals surface area (Å²) in [6.07, 6.45) is 7.70. The molecule has 6 rings (SSSR count). The van der Waals surface area contributed by atoms with Crippen molar-refractivity contribution in [2.45, 2.75) is 38.8 Å². The molecule has 2 aliphatic heterocycles. The lowest BCUT2D eigenvalue weighted by molar-refractivity contribution is 0.0110. The molecular weight excluding hydrogens is 464 g/mol. The number of piperidine rings is 1. The van der Waals surface area contributed by atoms with Gasteiger partial charge in [-0.2, -0.15) is 0 Å². The van der Waals surface area contributed by atoms with E-state index >= 15 is 0 Å². The van der Waals surface area contributed by atoms with E-state index in [0.29, 0.717) is 23.6 Å². The Bertz CT molecular complexity index is 1490. The molecule has 3 aromatic heterocycles. The first kappa shape index (κ1) is 23.5. The Kier molecular flexibility index (Phi) is 5.64. The molecule has 8 heteroatoms. The van der Waals surface area contributed by atoms with Crippen molar-refractivity contribution in [1.29, 1.82) is 0 Å². The van der Waals surface area contributed by atoms with Gasteiger partial charge in [0.25, 0.3) is 5.91 Å². The van der Waals surface area contributed by atoms with E-state index in [2.05, 4.69) is 43.3 Å². The molecule has 1 unspecified atom stereocenters. The van der Waals surface area contributed by atoms with Gasteiger partial charge in [0, 0.05) is 60.8 Å². The summed E-state index contributed by atoms with van der Waals surface area (Å²) >= 11 is 0. The summed E-state index contributed by atoms with van der Waals surface area (Å²) in [5, 5.41) is 17.9. The third kappa shape index (κ3) is 4.21. The van der Waals surface area contributed by atoms with Crippen LogP contribution >= 0.6 is 0 Å². The fourth-order valence-electron chi connectivity index (χ4n) is 5.65. The van der Waals surface area contributed by atoms with Crippen LogP contribution in [0.5, 0.6) is 0 Å². The van der Waals surface area contributed by atoms with Crippen molar-refractivity contribution in [2.75, 3.05) is 23.3 Å². The van der Waals surface area contributed by atoms with Gasteiger partial charge in [-0.1, -0.05) is 12.1 Å². The van der Waals surface area contributed by atoms with Gasteiger partial charge >= 0.3 is 0 Å². The highest BCUT2D eigenvalue weighted by Gasteiger charge is 2.32. The van der Waals surface area contributed by atoms with E-state index in [0.717, 1.165) is 59.3 Å². The monoisotopic (exact) mass is 496 g/mol. The Morgan fingerprint density at radius 1 is 1.14 bits per heavy atom. The number of amides is 1. The second-order valence-electron chi connectivity index (χ2n) is 10.7. The Labute approximate surface area is 216 Å². The van der Waals surface area contributed by atoms with Gasteiger partial charge in [0.05, 0.1) is 40.6 Å². The van der Waals surface area contributed by atoms with Crippen LogP contribution in [0.4, 0.5) is 17.2 Å². The number of anilines is 3. The van der Waals surface area contributed by atoms with Crippen molar-refractivity contribution in [1.82, 2.24) is 19.9 Å². The molecule has 0 bridgehead atoms. The van der Waals surface area contributed by atoms with E-state index < -0.39 is 5.60 Å². The van der Waals surface area contributed by atoms with Crippen LogP contribution < -0.4 is 15.5 Å². The van der Waals surface area contributed by atoms with Gasteiger partial charge in [-0.15, -0.1) is 0 Å². The van der Waals surface area contributed by atoms with Gasteiger partial charge in [0.15, 0.2) is 0 Å². The number of rotatable bonds is 5. The molecule has 3 N–H and O–H groups in total. The maximum absolute atomic E-state index is 12.9. The number of hydrogen-bond donors (Lipinski definition) is 3. The van der Waals surface area contributed by atoms with Gasteiger partial charge in [0.1, 0.15) is 5.82 Å². The summed E-state index contributed by atoms with van der Waals surface area (Å²) in [7, 11) is 2.03. The smallest absolute Gasteiger partial charge is 0.254 e. The molecule has 1 saturated heterocycles. The van der Waals surface area contributed by atoms with Gasteiger partial charge in [0.2, 0.25) is 0 Å². The summed E-state index contributed by atoms with van der Waals surface area (Å²) in [5.74, 6) is 0.775. The van der Waals surface area contributed by atoms with Crippen molar-refractivity contribution in [3.05, 3.63) is 66.1 Å². The molecule has 0 aliphatic carbocycles. The standard InChI is InChI=1S/C29H32N6O2/c1-29(2,37)18-6-5-12-35(17-18)19-9-10-25(30-14-19)33-23-16-31-27(22-15-32-28(36)26(22)23)21-7-4-8-24-20(21)11-13-34(24)3/h4,7-11,13-14,16,18,37H,5-6,12,15,17H2,1-3H3,(H,30,33)(H,32,36). The molecule has 1 amide bonds. The molecule has 8 nitrogen and oxygen atoms in total. The lowest BCUT2D eigenvalue weighted by Crippen LogP contribution is -2.44. The number of hydrogen-bond acceptors (Lipinski definition) is 6. The highest BCUT2D eigenvalue weighted by atomic mass is 16.3. The van der Waals surface area contributed by atoms with E-state index in [-0.39, 0.29) is 11.8 Å². The van der Waals surface area contributed by atoms with Crippen molar-refractivity contribution >= 4 is 34.0 Å². The number of nitrogens with one attached hydrogen (secondary N) is 2. The average Bonchev–Trinajstić information content (AvgIpc) is 3.47. The minimum Gasteiger partial charge on any atom is -0.390 e. The van der Waals surface area contributed by atoms with Crippen molar-refractivity contribution in [2.24, 2.45) is 13.0 Å². The molecule has 1 fully saturated rings. The summed E-state index contributed by atoms with van der Waals surface area (Å²) in [5.41, 5.74) is 5.47. The molecule has 190 valence electrons. The normalized spacial score (nSPS) is 17.7. The number of benzene rings is 1. The summed E-state index contributed by atoms with van der Waals surface area (Å²) in [4.78, 5) is 24.6. The molecule has 0 spiro atoms. The first-order valence-electron chi connectivity index (χ1n) is 12.8. The molecule has 37 heavy (non-hydrogen) atoms. The van der Waals surface area contributed by atoms with E-state index in [1.54, 1.807) is 6.20 Å². The molecule has 0 saturated carbocycles. The van der Waals surface area contributed by atoms with Crippen LogP contribution in [0.2, 0.25) is 0 Å². The van der Waals surface area contributed by atoms with E-state index in [1.165, 1.54) is 0 Å². The van der Waals surface area contributed by atoms with Gasteiger partial charge in [-0.25, -0.2) is 4.98 Å². The number of pyridine rings is 2. The third-order valence-corrected chi connectivity index (χ3v) is 7.81. The van der Waals surface area contributed by atoms with Crippen LogP contribution in [0.15, 0.2) is 55.0 Å². The molecule has 5 heterocycles. The predicted octanol–water partition coefficient (Wildman–Crippen LogP) is 4.61. The number of carbonyl (C=O) groups excluding carboxylic acids is 1. The molecular formula is C29H32N6O2. The number of fused-ring (bicyclic) bond motifs is 2. The maximum Gasteiger partial charge on any atom is 0.254 e. The summed E-state index contributed by atoms with van der Waals surface area (Å²) < 4.78 is 2.09. The number of aromatic nitrogens is 3. The minimum atomic E-state index is -0.695. The van der Waals surface area contributed by atoms with Crippen molar-refractivity contribution < 1.29 is 9.90 Å². The fraction of sp³-hybridized carbons (Fsp3) is 0.345. The average molecular weight is 497 g/mol. The quantitative estimate of drug-likeness (QED) is 0.374. The number of nitrogens with zero attached hydrogens (tertiary/aromatic N) is 4. The van der Waals surface area contributed by atoms with Crippen LogP contribution in [0.1, 0.15) is 42.6 Å². The van der Waals surface area contributed by atoms with Gasteiger partial charge in [-0.3, -0.25) is 9.78 Å². The zero-order valence-corrected chi connectivity index (χ0v) is 21.5. The molecule has 2 aliphatic rings. The first-order chi connectivity index (χ1) is 17.8. The van der Waals surface area contributed by atoms with Crippen molar-refractivity contribution in [3.8, 4) is 11.3 Å². The van der Waals surface area contributed by atoms with E-state index in [4.69, 9.17) is 4.98 Å². The van der Waals surface area contributed by atoms with Gasteiger partial charge < -0.3 is 25.2 Å². The Hall–Kier alpha value is -3.91. The molecule has 1 atom stereocenters. The van der Waals surface area contributed by atoms with Crippen LogP contribution in [0.3, 0.4) is 0 Å². The molecule has 0 radical (unpaired) electrons. The van der Waals surface area contributed by atoms with Crippen LogP contribution in [-0.4, -0.2) is 44.2 Å². The Balaban J connectivity index is 1.28. The number of aryl methyl sites for hydroxylation is 1. The maximum atomic E-state index is 12.9. The SMILES string of the molecule is Cn1ccc2c(-c3ncc(Nc4ccc(N5CCCC(C(C)(C)O)C5)cn4)c4c3CNC4=O)cccc21. The largest absolute Gasteiger partial charge is 0.390 e. The first-order valence-corrected chi connectivity index (χ1v) is 12.8. The zero-order valence-electron chi connectivity index (χ0n) is 21.5. The highest BCUT2D eigenvalue weighted by Crippen LogP contribution is 2.36. The van der Waals surface area contributed by atoms with Crippen LogP contribution in [0.25, 0.3) is 22.2 Å². The van der Waals surface area contributed by atoms with Crippen LogP contribution in [0, 0.1) is 5.92 Å². The topological polar surface area (TPSA) is 95.3 Å². The van der Waals surface area contributed by atoms with Gasteiger partial charge in [-0.05, 0) is 51.0 Å². The van der Waals surface area contributed by atoms with E-state index in [1.807, 2.05) is 51.5 Å². The Morgan fingerprint density at radius 3 is 2.78 bits per heavy atom. The van der Waals surface area contributed by atoms with Crippen molar-refractivity contribution in [3.63, 3.8) is 0 Å². The number of aliphatic hydroxyl groups is 1. The highest BCUT2D eigenvalue weighted by molar-refractivity contribution is 6.07. The Morgan fingerprint density at radius 2 is 2.00 bits per heavy atom. The summed E-state index contributed by atoms with van der Waals surface area (Å²) in [6.45, 7) is 5.99. The van der Waals surface area contributed by atoms with Crippen LogP contribution in [-0.2, 0) is 13.6 Å². The lowest BCUT2D eigenvalue weighted by atomic mass is 9.84. The predicted molar refractivity (Wildman–Crippen MR) is 146 cm³/mol. The fourth-order valence-corrected chi connectivity index (χ4v) is 5.65. The second kappa shape index (κ2) is 8.88. The zero-order chi connectivity index (χ0) is 25.7. The summed E-state index contributed by atoms with van der Waals surface area (Å²) in [6, 6.07) is 12.2. The molecule has 1 aromatic carbocycles. The minimum absolute atomic E-state index is 0.107. The second-order valence-corrected chi connectivity index (χ2v) is 10.7. The lowest BCUT2D eigenvalue weighted by Gasteiger charge is -2.39. The number of carbonyl (C=O) groups is 1. The third-order valence-electron chi connectivity index (χ3n) is 7.81. The van der Waals surface area contributed by atoms with E-state index in [9.17, 15) is 9.90 Å².